The highest BCUT2D eigenvalue weighted by atomic mass is 16.5. The van der Waals surface area contributed by atoms with E-state index in [1.165, 1.54) is 6.33 Å². The fraction of sp³-hybridized carbons (Fsp3) is 0.167. The Bertz CT molecular complexity index is 511. The molecule has 4 nitrogen and oxygen atoms in total. The molecular weight excluding hydrogens is 202 g/mol. The Morgan fingerprint density at radius 1 is 1.19 bits per heavy atom. The van der Waals surface area contributed by atoms with E-state index in [2.05, 4.69) is 9.97 Å². The molecule has 16 heavy (non-hydrogen) atoms. The van der Waals surface area contributed by atoms with Gasteiger partial charge in [0.15, 0.2) is 0 Å². The van der Waals surface area contributed by atoms with Gasteiger partial charge in [-0.05, 0) is 19.1 Å². The summed E-state index contributed by atoms with van der Waals surface area (Å²) in [6.07, 6.45) is 1.51. The summed E-state index contributed by atoms with van der Waals surface area (Å²) < 4.78 is 5.28. The van der Waals surface area contributed by atoms with Crippen LogP contribution in [0.3, 0.4) is 0 Å². The van der Waals surface area contributed by atoms with Crippen molar-refractivity contribution in [1.29, 1.82) is 0 Å². The number of anilines is 1. The zero-order chi connectivity index (χ0) is 11.5. The summed E-state index contributed by atoms with van der Waals surface area (Å²) in [5.74, 6) is 0.757. The second kappa shape index (κ2) is 4.18. The molecule has 0 amide bonds. The summed E-state index contributed by atoms with van der Waals surface area (Å²) in [4.78, 5) is 8.25. The molecule has 2 rings (SSSR count). The Labute approximate surface area is 94.1 Å². The van der Waals surface area contributed by atoms with E-state index in [-0.39, 0.29) is 0 Å². The molecule has 2 N–H and O–H groups in total. The molecule has 0 aliphatic carbocycles. The van der Waals surface area contributed by atoms with E-state index < -0.39 is 0 Å². The van der Waals surface area contributed by atoms with Crippen LogP contribution in [0.5, 0.6) is 5.75 Å². The van der Waals surface area contributed by atoms with E-state index in [0.29, 0.717) is 11.4 Å². The fourth-order valence-corrected chi connectivity index (χ4v) is 1.54. The minimum Gasteiger partial charge on any atom is -0.496 e. The van der Waals surface area contributed by atoms with Crippen LogP contribution in [0.4, 0.5) is 5.69 Å². The van der Waals surface area contributed by atoms with Crippen LogP contribution < -0.4 is 10.5 Å². The average Bonchev–Trinajstić information content (AvgIpc) is 2.33. The van der Waals surface area contributed by atoms with Gasteiger partial charge in [-0.1, -0.05) is 12.1 Å². The van der Waals surface area contributed by atoms with E-state index in [1.807, 2.05) is 31.2 Å². The molecule has 0 saturated heterocycles. The topological polar surface area (TPSA) is 61.0 Å². The maximum Gasteiger partial charge on any atom is 0.128 e. The lowest BCUT2D eigenvalue weighted by Crippen LogP contribution is -2.00. The molecule has 1 aromatic carbocycles. The maximum absolute atomic E-state index is 5.96. The molecule has 4 heteroatoms. The largest absolute Gasteiger partial charge is 0.496 e. The number of hydrogen-bond acceptors (Lipinski definition) is 4. The first kappa shape index (κ1) is 10.4. The monoisotopic (exact) mass is 215 g/mol. The lowest BCUT2D eigenvalue weighted by molar-refractivity contribution is 0.416. The van der Waals surface area contributed by atoms with Crippen molar-refractivity contribution in [3.63, 3.8) is 0 Å². The first-order valence-electron chi connectivity index (χ1n) is 4.94. The summed E-state index contributed by atoms with van der Waals surface area (Å²) in [5, 5.41) is 0. The molecule has 1 heterocycles. The van der Waals surface area contributed by atoms with Crippen molar-refractivity contribution < 1.29 is 4.74 Å². The summed E-state index contributed by atoms with van der Waals surface area (Å²) in [6, 6.07) is 7.64. The zero-order valence-electron chi connectivity index (χ0n) is 9.27. The molecule has 2 aromatic rings. The fourth-order valence-electron chi connectivity index (χ4n) is 1.54. The summed E-state index contributed by atoms with van der Waals surface area (Å²) >= 11 is 0. The van der Waals surface area contributed by atoms with Crippen molar-refractivity contribution in [2.24, 2.45) is 0 Å². The maximum atomic E-state index is 5.96. The predicted octanol–water partition coefficient (Wildman–Crippen LogP) is 2.04. The Morgan fingerprint density at radius 3 is 2.69 bits per heavy atom. The molecule has 0 bridgehead atoms. The summed E-state index contributed by atoms with van der Waals surface area (Å²) in [7, 11) is 1.63. The lowest BCUT2D eigenvalue weighted by atomic mass is 10.1. The Kier molecular flexibility index (Phi) is 2.72. The highest BCUT2D eigenvalue weighted by molar-refractivity contribution is 5.77. The number of nitrogen functional groups attached to an aromatic ring is 1. The van der Waals surface area contributed by atoms with Gasteiger partial charge >= 0.3 is 0 Å². The third kappa shape index (κ3) is 1.69. The number of aryl methyl sites for hydroxylation is 1. The van der Waals surface area contributed by atoms with Crippen LogP contribution >= 0.6 is 0 Å². The predicted molar refractivity (Wildman–Crippen MR) is 63.2 cm³/mol. The van der Waals surface area contributed by atoms with E-state index >= 15 is 0 Å². The van der Waals surface area contributed by atoms with Gasteiger partial charge in [0.2, 0.25) is 0 Å². The number of rotatable bonds is 2. The highest BCUT2D eigenvalue weighted by Gasteiger charge is 2.11. The molecule has 0 atom stereocenters. The smallest absolute Gasteiger partial charge is 0.128 e. The number of nitrogens with two attached hydrogens (primary N) is 1. The summed E-state index contributed by atoms with van der Waals surface area (Å²) in [6.45, 7) is 1.86. The zero-order valence-corrected chi connectivity index (χ0v) is 9.27. The molecule has 82 valence electrons. The van der Waals surface area contributed by atoms with Crippen molar-refractivity contribution in [2.45, 2.75) is 6.92 Å². The lowest BCUT2D eigenvalue weighted by Gasteiger charge is -2.10. The Balaban J connectivity index is 2.63. The van der Waals surface area contributed by atoms with Gasteiger partial charge in [0.05, 0.1) is 18.5 Å². The number of methoxy groups -OCH3 is 1. The van der Waals surface area contributed by atoms with Gasteiger partial charge in [-0.15, -0.1) is 0 Å². The van der Waals surface area contributed by atoms with Gasteiger partial charge in [-0.2, -0.15) is 0 Å². The molecule has 0 fully saturated rings. The highest BCUT2D eigenvalue weighted by Crippen LogP contribution is 2.32. The molecule has 0 radical (unpaired) electrons. The van der Waals surface area contributed by atoms with E-state index in [1.54, 1.807) is 7.11 Å². The first-order valence-corrected chi connectivity index (χ1v) is 4.94. The second-order valence-corrected chi connectivity index (χ2v) is 3.42. The molecule has 0 spiro atoms. The van der Waals surface area contributed by atoms with Gasteiger partial charge in [-0.25, -0.2) is 9.97 Å². The molecule has 0 saturated carbocycles. The van der Waals surface area contributed by atoms with Gasteiger partial charge in [0.25, 0.3) is 0 Å². The second-order valence-electron chi connectivity index (χ2n) is 3.42. The van der Waals surface area contributed by atoms with Crippen molar-refractivity contribution in [3.05, 3.63) is 36.3 Å². The molecule has 0 aliphatic rings. The standard InChI is InChI=1S/C12H13N3O/c1-8-11(13)12(15-7-14-8)9-5-3-4-6-10(9)16-2/h3-7H,13H2,1-2H3. The molecule has 1 aromatic heterocycles. The van der Waals surface area contributed by atoms with Crippen LogP contribution in [0.1, 0.15) is 5.69 Å². The number of para-hydroxylation sites is 1. The van der Waals surface area contributed by atoms with Gasteiger partial charge < -0.3 is 10.5 Å². The number of aromatic nitrogens is 2. The first-order chi connectivity index (χ1) is 7.74. The average molecular weight is 215 g/mol. The number of hydrogen-bond donors (Lipinski definition) is 1. The molecular formula is C12H13N3O. The Hall–Kier alpha value is -2.10. The van der Waals surface area contributed by atoms with Crippen LogP contribution in [-0.4, -0.2) is 17.1 Å². The van der Waals surface area contributed by atoms with Gasteiger partial charge in [-0.3, -0.25) is 0 Å². The number of ether oxygens (including phenoxy) is 1. The minimum atomic E-state index is 0.590. The van der Waals surface area contributed by atoms with Crippen LogP contribution in [0.2, 0.25) is 0 Å². The van der Waals surface area contributed by atoms with E-state index in [9.17, 15) is 0 Å². The minimum absolute atomic E-state index is 0.590. The van der Waals surface area contributed by atoms with E-state index in [4.69, 9.17) is 10.5 Å². The van der Waals surface area contributed by atoms with Gasteiger partial charge in [0.1, 0.15) is 17.8 Å². The van der Waals surface area contributed by atoms with Crippen molar-refractivity contribution in [1.82, 2.24) is 9.97 Å². The quantitative estimate of drug-likeness (QED) is 0.832. The summed E-state index contributed by atoms with van der Waals surface area (Å²) in [5.41, 5.74) is 8.92. The Morgan fingerprint density at radius 2 is 1.94 bits per heavy atom. The van der Waals surface area contributed by atoms with Crippen molar-refractivity contribution in [3.8, 4) is 17.0 Å². The van der Waals surface area contributed by atoms with Gasteiger partial charge in [0, 0.05) is 5.56 Å². The third-order valence-corrected chi connectivity index (χ3v) is 2.45. The normalized spacial score (nSPS) is 10.1. The third-order valence-electron chi connectivity index (χ3n) is 2.45. The van der Waals surface area contributed by atoms with Crippen LogP contribution in [-0.2, 0) is 0 Å². The molecule has 0 aliphatic heterocycles. The van der Waals surface area contributed by atoms with Crippen molar-refractivity contribution in [2.75, 3.05) is 12.8 Å². The number of benzene rings is 1. The van der Waals surface area contributed by atoms with E-state index in [0.717, 1.165) is 17.0 Å². The van der Waals surface area contributed by atoms with Crippen LogP contribution in [0.15, 0.2) is 30.6 Å². The SMILES string of the molecule is COc1ccccc1-c1ncnc(C)c1N. The van der Waals surface area contributed by atoms with Crippen LogP contribution in [0, 0.1) is 6.92 Å². The number of nitrogens with zero attached hydrogens (tertiary/aromatic N) is 2. The van der Waals surface area contributed by atoms with Crippen molar-refractivity contribution >= 4 is 5.69 Å². The molecule has 0 unspecified atom stereocenters. The van der Waals surface area contributed by atoms with Crippen LogP contribution in [0.25, 0.3) is 11.3 Å².